The molecule has 0 bridgehead atoms. The molecule has 0 aliphatic rings. The van der Waals surface area contributed by atoms with E-state index in [4.69, 9.17) is 5.11 Å². The topological polar surface area (TPSA) is 63.3 Å². The number of rotatable bonds is 2. The third kappa shape index (κ3) is 1.69. The summed E-state index contributed by atoms with van der Waals surface area (Å²) < 4.78 is 70.2. The third-order valence-corrected chi connectivity index (χ3v) is 1.12. The number of alkyl halides is 6. The molecule has 78 valence electrons. The molecule has 0 aliphatic heterocycles. The molecule has 0 rings (SSSR count). The quantitative estimate of drug-likeness (QED) is 0.526. The summed E-state index contributed by atoms with van der Waals surface area (Å²) in [6.07, 6.45) is -6.35. The van der Waals surface area contributed by atoms with E-state index in [-0.39, 0.29) is 0 Å². The van der Waals surface area contributed by atoms with Crippen LogP contribution < -0.4 is 5.73 Å². The SMILES string of the molecule is NC(F)(C(=O)O)C(F)(F)C(F)(F)F. The lowest BCUT2D eigenvalue weighted by Gasteiger charge is -2.27. The largest absolute Gasteiger partial charge is 0.478 e. The Morgan fingerprint density at radius 3 is 1.46 bits per heavy atom. The molecule has 3 N–H and O–H groups in total. The van der Waals surface area contributed by atoms with Gasteiger partial charge in [-0.05, 0) is 0 Å². The number of halogens is 6. The van der Waals surface area contributed by atoms with Gasteiger partial charge in [0, 0.05) is 0 Å². The summed E-state index contributed by atoms with van der Waals surface area (Å²) in [5.74, 6) is -14.4. The minimum Gasteiger partial charge on any atom is -0.478 e. The second kappa shape index (κ2) is 2.76. The van der Waals surface area contributed by atoms with E-state index in [1.807, 2.05) is 0 Å². The standard InChI is InChI=1S/C4H3F6NO2/c5-2(11,1(12)13)3(6,7)4(8,9)10/h11H2,(H,12,13). The summed E-state index contributed by atoms with van der Waals surface area (Å²) >= 11 is 0. The van der Waals surface area contributed by atoms with Crippen LogP contribution in [0.3, 0.4) is 0 Å². The van der Waals surface area contributed by atoms with Crippen LogP contribution in [-0.2, 0) is 4.79 Å². The van der Waals surface area contributed by atoms with E-state index in [0.29, 0.717) is 0 Å². The maximum absolute atomic E-state index is 12.2. The normalized spacial score (nSPS) is 18.1. The van der Waals surface area contributed by atoms with Gasteiger partial charge in [0.1, 0.15) is 0 Å². The minimum atomic E-state index is -6.35. The molecule has 0 heterocycles. The number of nitrogens with two attached hydrogens (primary N) is 1. The molecule has 1 unspecified atom stereocenters. The van der Waals surface area contributed by atoms with Gasteiger partial charge in [0.05, 0.1) is 0 Å². The highest BCUT2D eigenvalue weighted by Gasteiger charge is 2.73. The fourth-order valence-corrected chi connectivity index (χ4v) is 0.341. The Bertz CT molecular complexity index is 221. The zero-order valence-electron chi connectivity index (χ0n) is 5.70. The first-order chi connectivity index (χ1) is 5.44. The summed E-state index contributed by atoms with van der Waals surface area (Å²) in [5, 5.41) is 7.66. The summed E-state index contributed by atoms with van der Waals surface area (Å²) in [5.41, 5.74) is 3.69. The van der Waals surface area contributed by atoms with Crippen molar-refractivity contribution >= 4 is 5.97 Å². The van der Waals surface area contributed by atoms with Crippen molar-refractivity contribution in [3.63, 3.8) is 0 Å². The Morgan fingerprint density at radius 2 is 1.38 bits per heavy atom. The Hall–Kier alpha value is -0.990. The number of carboxylic acids is 1. The highest BCUT2D eigenvalue weighted by molar-refractivity contribution is 5.78. The van der Waals surface area contributed by atoms with E-state index in [2.05, 4.69) is 5.73 Å². The maximum Gasteiger partial charge on any atom is 0.459 e. The highest BCUT2D eigenvalue weighted by Crippen LogP contribution is 2.43. The molecule has 0 amide bonds. The number of hydrogen-bond acceptors (Lipinski definition) is 2. The van der Waals surface area contributed by atoms with Crippen LogP contribution in [0.4, 0.5) is 26.3 Å². The van der Waals surface area contributed by atoms with Gasteiger partial charge >= 0.3 is 23.9 Å². The van der Waals surface area contributed by atoms with Crippen molar-refractivity contribution in [3.8, 4) is 0 Å². The predicted molar refractivity (Wildman–Crippen MR) is 26.7 cm³/mol. The summed E-state index contributed by atoms with van der Waals surface area (Å²) in [7, 11) is 0. The lowest BCUT2D eigenvalue weighted by Crippen LogP contribution is -2.64. The first kappa shape index (κ1) is 12.0. The average Bonchev–Trinajstić information content (AvgIpc) is 1.84. The van der Waals surface area contributed by atoms with Crippen LogP contribution in [0, 0.1) is 0 Å². The number of hydrogen-bond donors (Lipinski definition) is 2. The van der Waals surface area contributed by atoms with Crippen molar-refractivity contribution in [2.24, 2.45) is 5.73 Å². The molecule has 0 saturated carbocycles. The Morgan fingerprint density at radius 1 is 1.08 bits per heavy atom. The van der Waals surface area contributed by atoms with Crippen LogP contribution >= 0.6 is 0 Å². The molecule has 0 spiro atoms. The van der Waals surface area contributed by atoms with E-state index in [0.717, 1.165) is 0 Å². The van der Waals surface area contributed by atoms with E-state index < -0.39 is 23.9 Å². The second-order valence-electron chi connectivity index (χ2n) is 2.09. The lowest BCUT2D eigenvalue weighted by molar-refractivity contribution is -0.322. The molecular formula is C4H3F6NO2. The smallest absolute Gasteiger partial charge is 0.459 e. The van der Waals surface area contributed by atoms with Gasteiger partial charge in [0.25, 0.3) is 0 Å². The average molecular weight is 211 g/mol. The van der Waals surface area contributed by atoms with Gasteiger partial charge in [0.2, 0.25) is 0 Å². The summed E-state index contributed by atoms with van der Waals surface area (Å²) in [6, 6.07) is 0. The molecule has 3 nitrogen and oxygen atoms in total. The van der Waals surface area contributed by atoms with Crippen molar-refractivity contribution < 1.29 is 36.2 Å². The Kier molecular flexibility index (Phi) is 2.55. The van der Waals surface area contributed by atoms with E-state index >= 15 is 0 Å². The van der Waals surface area contributed by atoms with Crippen LogP contribution in [0.5, 0.6) is 0 Å². The predicted octanol–water partition coefficient (Wildman–Crippen LogP) is 0.893. The minimum absolute atomic E-state index is 3.09. The fourth-order valence-electron chi connectivity index (χ4n) is 0.341. The molecule has 0 saturated heterocycles. The van der Waals surface area contributed by atoms with Crippen LogP contribution in [0.15, 0.2) is 0 Å². The van der Waals surface area contributed by atoms with E-state index in [9.17, 15) is 31.1 Å². The van der Waals surface area contributed by atoms with Gasteiger partial charge in [-0.2, -0.15) is 22.0 Å². The number of aliphatic carboxylic acids is 1. The van der Waals surface area contributed by atoms with Gasteiger partial charge in [-0.15, -0.1) is 0 Å². The van der Waals surface area contributed by atoms with Gasteiger partial charge in [0.15, 0.2) is 0 Å². The molecule has 0 aromatic carbocycles. The third-order valence-electron chi connectivity index (χ3n) is 1.12. The van der Waals surface area contributed by atoms with Gasteiger partial charge in [-0.3, -0.25) is 5.73 Å². The van der Waals surface area contributed by atoms with Crippen molar-refractivity contribution in [1.29, 1.82) is 0 Å². The molecule has 0 radical (unpaired) electrons. The van der Waals surface area contributed by atoms with E-state index in [1.165, 1.54) is 0 Å². The molecular weight excluding hydrogens is 208 g/mol. The lowest BCUT2D eigenvalue weighted by atomic mass is 10.1. The van der Waals surface area contributed by atoms with Crippen molar-refractivity contribution in [3.05, 3.63) is 0 Å². The molecule has 0 aromatic heterocycles. The first-order valence-corrected chi connectivity index (χ1v) is 2.60. The molecule has 0 aromatic rings. The first-order valence-electron chi connectivity index (χ1n) is 2.60. The van der Waals surface area contributed by atoms with Gasteiger partial charge < -0.3 is 5.11 Å². The van der Waals surface area contributed by atoms with Crippen molar-refractivity contribution in [1.82, 2.24) is 0 Å². The fraction of sp³-hybridized carbons (Fsp3) is 0.750. The molecule has 1 atom stereocenters. The zero-order valence-corrected chi connectivity index (χ0v) is 5.70. The zero-order chi connectivity index (χ0) is 11.1. The van der Waals surface area contributed by atoms with Gasteiger partial charge in [-0.1, -0.05) is 0 Å². The summed E-state index contributed by atoms with van der Waals surface area (Å²) in [6.45, 7) is 0. The van der Waals surface area contributed by atoms with E-state index in [1.54, 1.807) is 0 Å². The maximum atomic E-state index is 12.2. The molecule has 13 heavy (non-hydrogen) atoms. The number of carboxylic acid groups (broad SMARTS) is 1. The molecule has 0 fully saturated rings. The van der Waals surface area contributed by atoms with Crippen LogP contribution in [0.2, 0.25) is 0 Å². The highest BCUT2D eigenvalue weighted by atomic mass is 19.4. The van der Waals surface area contributed by atoms with Crippen molar-refractivity contribution in [2.45, 2.75) is 17.9 Å². The monoisotopic (exact) mass is 211 g/mol. The molecule has 9 heteroatoms. The second-order valence-corrected chi connectivity index (χ2v) is 2.09. The van der Waals surface area contributed by atoms with Gasteiger partial charge in [-0.25, -0.2) is 9.18 Å². The summed E-state index contributed by atoms with van der Waals surface area (Å²) in [4.78, 5) is 9.63. The Balaban J connectivity index is 5.16. The van der Waals surface area contributed by atoms with Crippen LogP contribution in [0.25, 0.3) is 0 Å². The van der Waals surface area contributed by atoms with Crippen molar-refractivity contribution in [2.75, 3.05) is 0 Å². The van der Waals surface area contributed by atoms with Crippen LogP contribution in [0.1, 0.15) is 0 Å². The Labute approximate surface area is 67.1 Å². The van der Waals surface area contributed by atoms with Crippen LogP contribution in [-0.4, -0.2) is 29.0 Å². The molecule has 0 aliphatic carbocycles. The number of carbonyl (C=O) groups is 1.